The quantitative estimate of drug-likeness (QED) is 0.431. The van der Waals surface area contributed by atoms with Crippen LogP contribution >= 0.6 is 0 Å². The summed E-state index contributed by atoms with van der Waals surface area (Å²) in [5, 5.41) is 0. The van der Waals surface area contributed by atoms with Gasteiger partial charge in [0.1, 0.15) is 10.1 Å². The normalized spacial score (nSPS) is 12.9. The standard InChI is InChI=1S/C13H29NO3S/c1-4-7-10-14(11-8-5-2,12-9-6-3)13-18(15,16)17/h4-13H2,1-3H3. The number of unbranched alkanes of at least 4 members (excludes halogenated alkanes) is 3. The van der Waals surface area contributed by atoms with Gasteiger partial charge in [-0.1, -0.05) is 40.0 Å². The molecule has 0 heterocycles. The Labute approximate surface area is 113 Å². The number of hydrogen-bond donors (Lipinski definition) is 0. The average Bonchev–Trinajstić information content (AvgIpc) is 2.29. The van der Waals surface area contributed by atoms with Crippen molar-refractivity contribution in [1.29, 1.82) is 0 Å². The average molecular weight is 279 g/mol. The van der Waals surface area contributed by atoms with Gasteiger partial charge in [-0.05, 0) is 19.3 Å². The first-order valence-electron chi connectivity index (χ1n) is 7.17. The Bertz CT molecular complexity index is 280. The van der Waals surface area contributed by atoms with E-state index < -0.39 is 10.1 Å². The minimum atomic E-state index is -4.15. The zero-order valence-electron chi connectivity index (χ0n) is 12.2. The van der Waals surface area contributed by atoms with E-state index in [0.717, 1.165) is 58.2 Å². The lowest BCUT2D eigenvalue weighted by atomic mass is 10.2. The summed E-state index contributed by atoms with van der Waals surface area (Å²) in [6.07, 6.45) is 6.08. The number of rotatable bonds is 11. The first kappa shape index (κ1) is 17.9. The Morgan fingerprint density at radius 3 is 1.39 bits per heavy atom. The van der Waals surface area contributed by atoms with Crippen LogP contribution in [0.25, 0.3) is 0 Å². The van der Waals surface area contributed by atoms with Gasteiger partial charge in [0.15, 0.2) is 5.88 Å². The summed E-state index contributed by atoms with van der Waals surface area (Å²) in [7, 11) is -4.15. The highest BCUT2D eigenvalue weighted by Crippen LogP contribution is 2.16. The van der Waals surface area contributed by atoms with Gasteiger partial charge < -0.3 is 9.04 Å². The van der Waals surface area contributed by atoms with Gasteiger partial charge in [-0.3, -0.25) is 0 Å². The predicted molar refractivity (Wildman–Crippen MR) is 74.1 cm³/mol. The summed E-state index contributed by atoms with van der Waals surface area (Å²) in [5.74, 6) is -0.229. The monoisotopic (exact) mass is 279 g/mol. The van der Waals surface area contributed by atoms with Crippen molar-refractivity contribution >= 4 is 10.1 Å². The van der Waals surface area contributed by atoms with Crippen LogP contribution < -0.4 is 0 Å². The number of nitrogens with zero attached hydrogens (tertiary/aromatic N) is 1. The summed E-state index contributed by atoms with van der Waals surface area (Å²) < 4.78 is 34.0. The van der Waals surface area contributed by atoms with Crippen molar-refractivity contribution in [2.45, 2.75) is 59.3 Å². The second-order valence-electron chi connectivity index (χ2n) is 5.26. The van der Waals surface area contributed by atoms with Crippen LogP contribution in [-0.2, 0) is 10.1 Å². The molecule has 0 radical (unpaired) electrons. The highest BCUT2D eigenvalue weighted by atomic mass is 32.2. The van der Waals surface area contributed by atoms with E-state index >= 15 is 0 Å². The van der Waals surface area contributed by atoms with Crippen molar-refractivity contribution in [3.05, 3.63) is 0 Å². The summed E-state index contributed by atoms with van der Waals surface area (Å²) >= 11 is 0. The first-order valence-corrected chi connectivity index (χ1v) is 8.75. The second kappa shape index (κ2) is 8.88. The lowest BCUT2D eigenvalue weighted by Gasteiger charge is -2.39. The SMILES string of the molecule is CCCC[N+](CCCC)(CCCC)CS(=O)(=O)[O-]. The van der Waals surface area contributed by atoms with Gasteiger partial charge in [0.05, 0.1) is 19.6 Å². The van der Waals surface area contributed by atoms with E-state index in [1.807, 2.05) is 0 Å². The summed E-state index contributed by atoms with van der Waals surface area (Å²) in [6, 6.07) is 0. The Morgan fingerprint density at radius 1 is 0.833 bits per heavy atom. The van der Waals surface area contributed by atoms with Crippen molar-refractivity contribution in [1.82, 2.24) is 0 Å². The van der Waals surface area contributed by atoms with Crippen LogP contribution in [0.4, 0.5) is 0 Å². The molecule has 0 aromatic rings. The van der Waals surface area contributed by atoms with Crippen LogP contribution in [0.3, 0.4) is 0 Å². The molecule has 5 heteroatoms. The summed E-state index contributed by atoms with van der Waals surface area (Å²) in [5.41, 5.74) is 0. The molecule has 0 atom stereocenters. The van der Waals surface area contributed by atoms with Crippen molar-refractivity contribution < 1.29 is 17.5 Å². The van der Waals surface area contributed by atoms with Crippen LogP contribution in [0.15, 0.2) is 0 Å². The fraction of sp³-hybridized carbons (Fsp3) is 1.00. The molecular weight excluding hydrogens is 250 g/mol. The lowest BCUT2D eigenvalue weighted by Crippen LogP contribution is -2.52. The minimum absolute atomic E-state index is 0.229. The predicted octanol–water partition coefficient (Wildman–Crippen LogP) is 2.71. The molecule has 0 fully saturated rings. The highest BCUT2D eigenvalue weighted by molar-refractivity contribution is 7.85. The van der Waals surface area contributed by atoms with E-state index in [4.69, 9.17) is 0 Å². The Kier molecular flexibility index (Phi) is 8.82. The van der Waals surface area contributed by atoms with Gasteiger partial charge in [-0.15, -0.1) is 0 Å². The molecule has 0 rings (SSSR count). The molecule has 0 aliphatic carbocycles. The lowest BCUT2D eigenvalue weighted by molar-refractivity contribution is -0.918. The second-order valence-corrected chi connectivity index (χ2v) is 6.63. The van der Waals surface area contributed by atoms with Gasteiger partial charge in [0.25, 0.3) is 0 Å². The summed E-state index contributed by atoms with van der Waals surface area (Å²) in [6.45, 7) is 8.74. The van der Waals surface area contributed by atoms with Crippen molar-refractivity contribution in [2.75, 3.05) is 25.5 Å². The fourth-order valence-electron chi connectivity index (χ4n) is 2.35. The van der Waals surface area contributed by atoms with Crippen LogP contribution in [0.2, 0.25) is 0 Å². The molecule has 0 N–H and O–H groups in total. The van der Waals surface area contributed by atoms with E-state index in [-0.39, 0.29) is 5.88 Å². The number of hydrogen-bond acceptors (Lipinski definition) is 3. The zero-order chi connectivity index (χ0) is 14.1. The van der Waals surface area contributed by atoms with Gasteiger partial charge in [-0.2, -0.15) is 0 Å². The van der Waals surface area contributed by atoms with E-state index in [1.165, 1.54) is 0 Å². The van der Waals surface area contributed by atoms with Gasteiger partial charge >= 0.3 is 0 Å². The third-order valence-corrected chi connectivity index (χ3v) is 4.25. The molecular formula is C13H29NO3S. The van der Waals surface area contributed by atoms with E-state index in [9.17, 15) is 13.0 Å². The van der Waals surface area contributed by atoms with Gasteiger partial charge in [0, 0.05) is 0 Å². The Balaban J connectivity index is 4.84. The van der Waals surface area contributed by atoms with Gasteiger partial charge in [0.2, 0.25) is 0 Å². The number of quaternary nitrogens is 1. The topological polar surface area (TPSA) is 57.2 Å². The zero-order valence-corrected chi connectivity index (χ0v) is 13.0. The maximum atomic E-state index is 11.2. The molecule has 0 bridgehead atoms. The molecule has 18 heavy (non-hydrogen) atoms. The maximum absolute atomic E-state index is 11.2. The molecule has 0 aromatic heterocycles. The molecule has 0 aromatic carbocycles. The minimum Gasteiger partial charge on any atom is -0.744 e. The maximum Gasteiger partial charge on any atom is 0.169 e. The molecule has 0 saturated carbocycles. The molecule has 0 unspecified atom stereocenters. The van der Waals surface area contributed by atoms with Gasteiger partial charge in [-0.25, -0.2) is 8.42 Å². The molecule has 0 amide bonds. The van der Waals surface area contributed by atoms with Crippen molar-refractivity contribution in [3.8, 4) is 0 Å². The van der Waals surface area contributed by atoms with Crippen molar-refractivity contribution in [2.24, 2.45) is 0 Å². The third-order valence-electron chi connectivity index (χ3n) is 3.39. The fourth-order valence-corrected chi connectivity index (χ4v) is 3.40. The third kappa shape index (κ3) is 8.06. The molecule has 0 spiro atoms. The van der Waals surface area contributed by atoms with E-state index in [2.05, 4.69) is 20.8 Å². The molecule has 0 aliphatic rings. The molecule has 0 aliphatic heterocycles. The molecule has 4 nitrogen and oxygen atoms in total. The highest BCUT2D eigenvalue weighted by Gasteiger charge is 2.28. The van der Waals surface area contributed by atoms with Crippen LogP contribution in [0.5, 0.6) is 0 Å². The van der Waals surface area contributed by atoms with Crippen LogP contribution in [0.1, 0.15) is 59.3 Å². The van der Waals surface area contributed by atoms with Crippen LogP contribution in [-0.4, -0.2) is 43.0 Å². The Morgan fingerprint density at radius 2 is 1.17 bits per heavy atom. The van der Waals surface area contributed by atoms with E-state index in [0.29, 0.717) is 4.48 Å². The smallest absolute Gasteiger partial charge is 0.169 e. The van der Waals surface area contributed by atoms with Crippen molar-refractivity contribution in [3.63, 3.8) is 0 Å². The van der Waals surface area contributed by atoms with E-state index in [1.54, 1.807) is 0 Å². The first-order chi connectivity index (χ1) is 8.39. The molecule has 0 saturated heterocycles. The Hall–Kier alpha value is -0.130. The van der Waals surface area contributed by atoms with Crippen LogP contribution in [0, 0.1) is 0 Å². The summed E-state index contributed by atoms with van der Waals surface area (Å²) in [4.78, 5) is 0. The molecule has 110 valence electrons. The largest absolute Gasteiger partial charge is 0.744 e.